The molecule has 0 spiro atoms. The highest BCUT2D eigenvalue weighted by molar-refractivity contribution is 5.88. The minimum absolute atomic E-state index is 0.423. The van der Waals surface area contributed by atoms with Crippen LogP contribution in [0.1, 0.15) is 6.92 Å². The standard InChI is InChI=1S/C15H14O3/c1-11(10-15(16)17-2)18-14-9-5-7-12-6-3-4-8-13(12)14/h3-10H,1-2H3/b11-10+. The first-order chi connectivity index (χ1) is 8.70. The average Bonchev–Trinajstić information content (AvgIpc) is 2.39. The van der Waals surface area contributed by atoms with Crippen LogP contribution >= 0.6 is 0 Å². The van der Waals surface area contributed by atoms with Crippen molar-refractivity contribution in [3.8, 4) is 5.75 Å². The monoisotopic (exact) mass is 242 g/mol. The molecule has 3 nitrogen and oxygen atoms in total. The Morgan fingerprint density at radius 3 is 2.61 bits per heavy atom. The molecule has 0 aromatic heterocycles. The summed E-state index contributed by atoms with van der Waals surface area (Å²) in [7, 11) is 1.34. The van der Waals surface area contributed by atoms with E-state index in [9.17, 15) is 4.79 Å². The molecule has 0 amide bonds. The van der Waals surface area contributed by atoms with Gasteiger partial charge < -0.3 is 9.47 Å². The fourth-order valence-corrected chi connectivity index (χ4v) is 1.71. The minimum atomic E-state index is -0.423. The van der Waals surface area contributed by atoms with Crippen LogP contribution in [0.15, 0.2) is 54.3 Å². The molecule has 0 atom stereocenters. The SMILES string of the molecule is COC(=O)/C=C(\C)Oc1cccc2ccccc12. The van der Waals surface area contributed by atoms with Gasteiger partial charge in [-0.05, 0) is 18.4 Å². The molecule has 0 unspecified atom stereocenters. The molecule has 2 rings (SSSR count). The lowest BCUT2D eigenvalue weighted by Crippen LogP contribution is -2.00. The summed E-state index contributed by atoms with van der Waals surface area (Å²) in [6.45, 7) is 1.72. The number of allylic oxidation sites excluding steroid dienone is 1. The van der Waals surface area contributed by atoms with Gasteiger partial charge in [0.25, 0.3) is 0 Å². The summed E-state index contributed by atoms with van der Waals surface area (Å²) in [5.41, 5.74) is 0. The minimum Gasteiger partial charge on any atom is -0.466 e. The third-order valence-corrected chi connectivity index (χ3v) is 2.54. The Kier molecular flexibility index (Phi) is 3.63. The predicted molar refractivity (Wildman–Crippen MR) is 70.3 cm³/mol. The number of carbonyl (C=O) groups is 1. The summed E-state index contributed by atoms with van der Waals surface area (Å²) >= 11 is 0. The van der Waals surface area contributed by atoms with Crippen molar-refractivity contribution in [2.45, 2.75) is 6.92 Å². The molecular weight excluding hydrogens is 228 g/mol. The number of methoxy groups -OCH3 is 1. The summed E-state index contributed by atoms with van der Waals surface area (Å²) < 4.78 is 10.2. The highest BCUT2D eigenvalue weighted by Crippen LogP contribution is 2.26. The van der Waals surface area contributed by atoms with Crippen LogP contribution in [0, 0.1) is 0 Å². The fraction of sp³-hybridized carbons (Fsp3) is 0.133. The molecule has 0 saturated carbocycles. The van der Waals surface area contributed by atoms with Crippen molar-refractivity contribution >= 4 is 16.7 Å². The zero-order valence-electron chi connectivity index (χ0n) is 10.3. The summed E-state index contributed by atoms with van der Waals surface area (Å²) in [6, 6.07) is 13.7. The number of hydrogen-bond donors (Lipinski definition) is 0. The largest absolute Gasteiger partial charge is 0.466 e. The van der Waals surface area contributed by atoms with E-state index in [2.05, 4.69) is 4.74 Å². The van der Waals surface area contributed by atoms with Gasteiger partial charge in [-0.15, -0.1) is 0 Å². The lowest BCUT2D eigenvalue weighted by atomic mass is 10.1. The summed E-state index contributed by atoms with van der Waals surface area (Å²) in [5.74, 6) is 0.802. The van der Waals surface area contributed by atoms with E-state index in [1.807, 2.05) is 42.5 Å². The van der Waals surface area contributed by atoms with Gasteiger partial charge in [-0.2, -0.15) is 0 Å². The number of esters is 1. The van der Waals surface area contributed by atoms with Gasteiger partial charge in [0.05, 0.1) is 13.2 Å². The maximum Gasteiger partial charge on any atom is 0.333 e. The van der Waals surface area contributed by atoms with Crippen molar-refractivity contribution in [2.24, 2.45) is 0 Å². The van der Waals surface area contributed by atoms with Gasteiger partial charge >= 0.3 is 5.97 Å². The molecule has 0 aliphatic heterocycles. The van der Waals surface area contributed by atoms with Crippen LogP contribution in [0.5, 0.6) is 5.75 Å². The molecule has 2 aromatic rings. The van der Waals surface area contributed by atoms with E-state index in [1.54, 1.807) is 6.92 Å². The Labute approximate surface area is 106 Å². The number of fused-ring (bicyclic) bond motifs is 1. The predicted octanol–water partition coefficient (Wildman–Crippen LogP) is 3.30. The Hall–Kier alpha value is -2.29. The quantitative estimate of drug-likeness (QED) is 0.470. The van der Waals surface area contributed by atoms with Crippen LogP contribution in [0.4, 0.5) is 0 Å². The van der Waals surface area contributed by atoms with Gasteiger partial charge in [0.2, 0.25) is 0 Å². The Bertz CT molecular complexity index is 594. The van der Waals surface area contributed by atoms with Gasteiger partial charge in [-0.3, -0.25) is 0 Å². The van der Waals surface area contributed by atoms with Gasteiger partial charge in [0.15, 0.2) is 0 Å². The van der Waals surface area contributed by atoms with Crippen molar-refractivity contribution < 1.29 is 14.3 Å². The zero-order valence-corrected chi connectivity index (χ0v) is 10.3. The number of hydrogen-bond acceptors (Lipinski definition) is 3. The van der Waals surface area contributed by atoms with Crippen molar-refractivity contribution in [3.05, 3.63) is 54.3 Å². The van der Waals surface area contributed by atoms with Gasteiger partial charge in [-0.25, -0.2) is 4.79 Å². The van der Waals surface area contributed by atoms with Gasteiger partial charge in [0, 0.05) is 5.39 Å². The number of benzene rings is 2. The number of carbonyl (C=O) groups excluding carboxylic acids is 1. The van der Waals surface area contributed by atoms with Crippen molar-refractivity contribution in [3.63, 3.8) is 0 Å². The average molecular weight is 242 g/mol. The normalized spacial score (nSPS) is 11.3. The summed E-state index contributed by atoms with van der Waals surface area (Å²) in [6.07, 6.45) is 1.32. The highest BCUT2D eigenvalue weighted by Gasteiger charge is 2.03. The number of ether oxygens (including phenoxy) is 2. The topological polar surface area (TPSA) is 35.5 Å². The second kappa shape index (κ2) is 5.36. The Balaban J connectivity index is 2.32. The lowest BCUT2D eigenvalue weighted by molar-refractivity contribution is -0.135. The molecule has 3 heteroatoms. The van der Waals surface area contributed by atoms with Crippen LogP contribution in [-0.4, -0.2) is 13.1 Å². The maximum atomic E-state index is 11.1. The Morgan fingerprint density at radius 2 is 1.83 bits per heavy atom. The van der Waals surface area contributed by atoms with E-state index < -0.39 is 5.97 Å². The summed E-state index contributed by atoms with van der Waals surface area (Å²) in [4.78, 5) is 11.1. The van der Waals surface area contributed by atoms with Crippen LogP contribution in [-0.2, 0) is 9.53 Å². The third kappa shape index (κ3) is 2.69. The van der Waals surface area contributed by atoms with Crippen molar-refractivity contribution in [2.75, 3.05) is 7.11 Å². The van der Waals surface area contributed by atoms with E-state index >= 15 is 0 Å². The molecule has 0 radical (unpaired) electrons. The molecule has 0 heterocycles. The van der Waals surface area contributed by atoms with Crippen LogP contribution < -0.4 is 4.74 Å². The molecule has 0 aliphatic carbocycles. The van der Waals surface area contributed by atoms with E-state index in [0.717, 1.165) is 16.5 Å². The smallest absolute Gasteiger partial charge is 0.333 e. The van der Waals surface area contributed by atoms with Gasteiger partial charge in [-0.1, -0.05) is 36.4 Å². The van der Waals surface area contributed by atoms with E-state index in [4.69, 9.17) is 4.74 Å². The van der Waals surface area contributed by atoms with Crippen molar-refractivity contribution in [1.82, 2.24) is 0 Å². The molecule has 92 valence electrons. The molecular formula is C15H14O3. The fourth-order valence-electron chi connectivity index (χ4n) is 1.71. The number of rotatable bonds is 3. The van der Waals surface area contributed by atoms with Gasteiger partial charge in [0.1, 0.15) is 11.5 Å². The lowest BCUT2D eigenvalue weighted by Gasteiger charge is -2.08. The first-order valence-corrected chi connectivity index (χ1v) is 5.62. The molecule has 0 aliphatic rings. The van der Waals surface area contributed by atoms with Crippen LogP contribution in [0.25, 0.3) is 10.8 Å². The molecule has 18 heavy (non-hydrogen) atoms. The van der Waals surface area contributed by atoms with E-state index in [0.29, 0.717) is 5.76 Å². The molecule has 0 fully saturated rings. The second-order valence-electron chi connectivity index (χ2n) is 3.86. The first-order valence-electron chi connectivity index (χ1n) is 5.62. The molecule has 0 bridgehead atoms. The van der Waals surface area contributed by atoms with Crippen LogP contribution in [0.2, 0.25) is 0 Å². The second-order valence-corrected chi connectivity index (χ2v) is 3.86. The van der Waals surface area contributed by atoms with Crippen molar-refractivity contribution in [1.29, 1.82) is 0 Å². The zero-order chi connectivity index (χ0) is 13.0. The third-order valence-electron chi connectivity index (χ3n) is 2.54. The first kappa shape index (κ1) is 12.2. The summed E-state index contributed by atoms with van der Waals surface area (Å²) in [5, 5.41) is 2.11. The maximum absolute atomic E-state index is 11.1. The highest BCUT2D eigenvalue weighted by atomic mass is 16.5. The van der Waals surface area contributed by atoms with E-state index in [1.165, 1.54) is 13.2 Å². The molecule has 0 saturated heterocycles. The van der Waals surface area contributed by atoms with Crippen LogP contribution in [0.3, 0.4) is 0 Å². The Morgan fingerprint density at radius 1 is 1.11 bits per heavy atom. The van der Waals surface area contributed by atoms with E-state index in [-0.39, 0.29) is 0 Å². The molecule has 0 N–H and O–H groups in total. The molecule has 2 aromatic carbocycles.